The Balaban J connectivity index is 2.04. The number of alkyl halides is 3. The van der Waals surface area contributed by atoms with Crippen LogP contribution in [0.3, 0.4) is 0 Å². The van der Waals surface area contributed by atoms with Gasteiger partial charge in [0.25, 0.3) is 5.91 Å². The van der Waals surface area contributed by atoms with Gasteiger partial charge in [0.15, 0.2) is 5.71 Å². The lowest BCUT2D eigenvalue weighted by atomic mass is 10.1. The van der Waals surface area contributed by atoms with Crippen LogP contribution in [0.5, 0.6) is 0 Å². The zero-order valence-corrected chi connectivity index (χ0v) is 14.4. The van der Waals surface area contributed by atoms with Crippen molar-refractivity contribution in [2.45, 2.75) is 11.1 Å². The molecule has 1 aromatic heterocycles. The normalized spacial score (nSPS) is 17.1. The first-order chi connectivity index (χ1) is 12.1. The Hall–Kier alpha value is -2.50. The molecule has 1 aromatic carbocycles. The van der Waals surface area contributed by atoms with E-state index >= 15 is 0 Å². The van der Waals surface area contributed by atoms with Gasteiger partial charge in [0.05, 0.1) is 16.2 Å². The molecule has 1 aliphatic rings. The Bertz CT molecular complexity index is 1010. The molecule has 2 N–H and O–H groups in total. The number of anilines is 1. The second-order valence-corrected chi connectivity index (χ2v) is 7.72. The van der Waals surface area contributed by atoms with Gasteiger partial charge >= 0.3 is 6.18 Å². The third-order valence-corrected chi connectivity index (χ3v) is 5.13. The Kier molecular flexibility index (Phi) is 4.46. The highest BCUT2D eigenvalue weighted by molar-refractivity contribution is 7.89. The summed E-state index contributed by atoms with van der Waals surface area (Å²) in [6.45, 7) is 0. The number of nitrogens with zero attached hydrogens (tertiary/aromatic N) is 2. The predicted octanol–water partition coefficient (Wildman–Crippen LogP) is 2.74. The number of carbonyl (C=O) groups excluding carboxylic acids is 1. The van der Waals surface area contributed by atoms with E-state index in [0.717, 1.165) is 30.3 Å². The van der Waals surface area contributed by atoms with Gasteiger partial charge in [0, 0.05) is 4.88 Å². The van der Waals surface area contributed by atoms with Crippen LogP contribution < -0.4 is 10.1 Å². The quantitative estimate of drug-likeness (QED) is 0.802. The summed E-state index contributed by atoms with van der Waals surface area (Å²) < 4.78 is 62.3. The van der Waals surface area contributed by atoms with Gasteiger partial charge in [0.2, 0.25) is 10.0 Å². The zero-order chi connectivity index (χ0) is 19.1. The molecule has 26 heavy (non-hydrogen) atoms. The van der Waals surface area contributed by atoms with Crippen molar-refractivity contribution < 1.29 is 26.4 Å². The molecule has 0 unspecified atom stereocenters. The van der Waals surface area contributed by atoms with Crippen molar-refractivity contribution in [3.8, 4) is 0 Å². The minimum absolute atomic E-state index is 0.0151. The van der Waals surface area contributed by atoms with Crippen molar-refractivity contribution in [3.05, 3.63) is 52.2 Å². The highest BCUT2D eigenvalue weighted by atomic mass is 32.2. The molecule has 0 bridgehead atoms. The Morgan fingerprint density at radius 1 is 1.15 bits per heavy atom. The lowest BCUT2D eigenvalue weighted by Crippen LogP contribution is -2.25. The molecule has 2 aromatic rings. The Morgan fingerprint density at radius 2 is 1.81 bits per heavy atom. The third-order valence-electron chi connectivity index (χ3n) is 3.39. The fourth-order valence-corrected chi connectivity index (χ4v) is 3.39. The van der Waals surface area contributed by atoms with Crippen LogP contribution in [0, 0.1) is 0 Å². The molecule has 11 heteroatoms. The summed E-state index contributed by atoms with van der Waals surface area (Å²) in [5.74, 6) is -0.964. The molecular weight excluding hydrogens is 391 g/mol. The molecule has 0 aliphatic carbocycles. The number of nitrogens with two attached hydrogens (primary N) is 1. The van der Waals surface area contributed by atoms with Gasteiger partial charge in [0.1, 0.15) is 0 Å². The first kappa shape index (κ1) is 18.3. The largest absolute Gasteiger partial charge is 0.435 e. The number of thiophene rings is 1. The first-order valence-electron chi connectivity index (χ1n) is 6.96. The van der Waals surface area contributed by atoms with E-state index < -0.39 is 33.4 Å². The smallest absolute Gasteiger partial charge is 0.267 e. The summed E-state index contributed by atoms with van der Waals surface area (Å²) in [6, 6.07) is 7.70. The molecule has 0 fully saturated rings. The van der Waals surface area contributed by atoms with Crippen molar-refractivity contribution in [1.29, 1.82) is 0 Å². The average molecular weight is 401 g/mol. The number of halogens is 3. The SMILES string of the molecule is NS(=O)(=O)c1ccc(N2N=C(C(F)(F)F)/C(=C/c3cccs3)C2=O)cc1. The maximum absolute atomic E-state index is 13.3. The number of hydrazone groups is 1. The van der Waals surface area contributed by atoms with Gasteiger partial charge in [-0.05, 0) is 41.8 Å². The van der Waals surface area contributed by atoms with Crippen LogP contribution in [-0.4, -0.2) is 26.2 Å². The highest BCUT2D eigenvalue weighted by Crippen LogP contribution is 2.33. The van der Waals surface area contributed by atoms with E-state index in [1.807, 2.05) is 0 Å². The molecule has 6 nitrogen and oxygen atoms in total. The molecule has 3 rings (SSSR count). The van der Waals surface area contributed by atoms with Gasteiger partial charge in [-0.1, -0.05) is 6.07 Å². The van der Waals surface area contributed by atoms with E-state index in [2.05, 4.69) is 5.10 Å². The van der Waals surface area contributed by atoms with Crippen molar-refractivity contribution in [2.24, 2.45) is 10.2 Å². The van der Waals surface area contributed by atoms with Gasteiger partial charge in [-0.2, -0.15) is 23.3 Å². The number of hydrogen-bond donors (Lipinski definition) is 1. The van der Waals surface area contributed by atoms with Crippen LogP contribution in [0.1, 0.15) is 4.88 Å². The van der Waals surface area contributed by atoms with Crippen LogP contribution in [-0.2, 0) is 14.8 Å². The standard InChI is InChI=1S/C15H10F3N3O3S2/c16-15(17,18)13-12(8-10-2-1-7-25-10)14(22)21(20-13)9-3-5-11(6-4-9)26(19,23)24/h1-8H,(H2,19,23,24)/b12-8-. The monoisotopic (exact) mass is 401 g/mol. The summed E-state index contributed by atoms with van der Waals surface area (Å²) in [6.07, 6.45) is -3.70. The summed E-state index contributed by atoms with van der Waals surface area (Å²) in [7, 11) is -3.96. The molecule has 0 atom stereocenters. The summed E-state index contributed by atoms with van der Waals surface area (Å²) >= 11 is 1.18. The number of primary sulfonamides is 1. The molecule has 1 aliphatic heterocycles. The average Bonchev–Trinajstić information content (AvgIpc) is 3.16. The lowest BCUT2D eigenvalue weighted by Gasteiger charge is -2.11. The highest BCUT2D eigenvalue weighted by Gasteiger charge is 2.46. The molecule has 0 spiro atoms. The fourth-order valence-electron chi connectivity index (χ4n) is 2.22. The zero-order valence-electron chi connectivity index (χ0n) is 12.8. The van der Waals surface area contributed by atoms with E-state index in [0.29, 0.717) is 9.89 Å². The van der Waals surface area contributed by atoms with Gasteiger partial charge < -0.3 is 0 Å². The predicted molar refractivity (Wildman–Crippen MR) is 91.1 cm³/mol. The van der Waals surface area contributed by atoms with E-state index in [1.165, 1.54) is 11.3 Å². The third kappa shape index (κ3) is 3.54. The second-order valence-electron chi connectivity index (χ2n) is 5.18. The summed E-state index contributed by atoms with van der Waals surface area (Å²) in [5, 5.41) is 10.6. The van der Waals surface area contributed by atoms with E-state index in [4.69, 9.17) is 5.14 Å². The minimum atomic E-state index is -4.83. The molecule has 1 amide bonds. The number of amides is 1. The van der Waals surface area contributed by atoms with E-state index in [9.17, 15) is 26.4 Å². The van der Waals surface area contributed by atoms with Gasteiger partial charge in [-0.3, -0.25) is 4.79 Å². The Labute approximate surface area is 150 Å². The summed E-state index contributed by atoms with van der Waals surface area (Å²) in [5.41, 5.74) is -1.92. The summed E-state index contributed by atoms with van der Waals surface area (Å²) in [4.78, 5) is 12.7. The fraction of sp³-hybridized carbons (Fsp3) is 0.0667. The molecule has 0 radical (unpaired) electrons. The molecule has 0 saturated heterocycles. The van der Waals surface area contributed by atoms with Crippen molar-refractivity contribution >= 4 is 44.7 Å². The van der Waals surface area contributed by atoms with Crippen molar-refractivity contribution in [2.75, 3.05) is 5.01 Å². The second kappa shape index (κ2) is 6.34. The molecular formula is C15H10F3N3O3S2. The Morgan fingerprint density at radius 3 is 2.31 bits per heavy atom. The van der Waals surface area contributed by atoms with Crippen molar-refractivity contribution in [3.63, 3.8) is 0 Å². The first-order valence-corrected chi connectivity index (χ1v) is 9.38. The van der Waals surface area contributed by atoms with Crippen LogP contribution in [0.4, 0.5) is 18.9 Å². The number of benzene rings is 1. The van der Waals surface area contributed by atoms with E-state index in [-0.39, 0.29) is 10.6 Å². The van der Waals surface area contributed by atoms with Gasteiger partial charge in [-0.25, -0.2) is 13.6 Å². The maximum atomic E-state index is 13.3. The number of hydrogen-bond acceptors (Lipinski definition) is 5. The molecule has 0 saturated carbocycles. The van der Waals surface area contributed by atoms with Crippen LogP contribution in [0.25, 0.3) is 6.08 Å². The topological polar surface area (TPSA) is 92.8 Å². The van der Waals surface area contributed by atoms with Crippen LogP contribution in [0.2, 0.25) is 0 Å². The van der Waals surface area contributed by atoms with E-state index in [1.54, 1.807) is 17.5 Å². The van der Waals surface area contributed by atoms with Crippen LogP contribution >= 0.6 is 11.3 Å². The molecule has 2 heterocycles. The number of sulfonamides is 1. The lowest BCUT2D eigenvalue weighted by molar-refractivity contribution is -0.114. The van der Waals surface area contributed by atoms with Crippen molar-refractivity contribution in [1.82, 2.24) is 0 Å². The maximum Gasteiger partial charge on any atom is 0.435 e. The minimum Gasteiger partial charge on any atom is -0.267 e. The number of carbonyl (C=O) groups is 1. The van der Waals surface area contributed by atoms with Gasteiger partial charge in [-0.15, -0.1) is 11.3 Å². The molecule has 136 valence electrons. The van der Waals surface area contributed by atoms with Crippen LogP contribution in [0.15, 0.2) is 57.3 Å². The number of rotatable bonds is 3.